The summed E-state index contributed by atoms with van der Waals surface area (Å²) in [6.07, 6.45) is 24.2. The van der Waals surface area contributed by atoms with Gasteiger partial charge in [0.1, 0.15) is 0 Å². The van der Waals surface area contributed by atoms with E-state index in [2.05, 4.69) is 198 Å². The van der Waals surface area contributed by atoms with E-state index in [1.807, 2.05) is 39.8 Å². The van der Waals surface area contributed by atoms with E-state index in [0.717, 1.165) is 45.8 Å². The Labute approximate surface area is 451 Å². The van der Waals surface area contributed by atoms with Gasteiger partial charge in [-0.3, -0.25) is 0 Å². The molecule has 2 N–H and O–H groups in total. The molecule has 1 aliphatic carbocycles. The van der Waals surface area contributed by atoms with Crippen LogP contribution in [0.15, 0.2) is 163 Å². The Morgan fingerprint density at radius 1 is 0.520 bits per heavy atom. The number of para-hydroxylation sites is 3. The van der Waals surface area contributed by atoms with Crippen LogP contribution in [0.25, 0.3) is 32.7 Å². The minimum atomic E-state index is 0.641. The predicted molar refractivity (Wildman–Crippen MR) is 322 cm³/mol. The number of hydrogen-bond acceptors (Lipinski definition) is 3. The van der Waals surface area contributed by atoms with E-state index in [4.69, 9.17) is 5.26 Å². The average Bonchev–Trinajstić information content (AvgIpc) is 4.16. The smallest absolute Gasteiger partial charge is 0.0991 e. The standard InChI is InChI=1S/C23H26N2.C21H26N2.C21H24N2.2C2H6/c1-3-7-20(8-4-2)22-17-25(23-10-6-5-9-21(22)23)16-19-13-11-18(15-24)12-14-19;2*1-16-6-8-17(9-7-16)14-23-15-20(18-10-12-22-13-11-18)19-4-2-3-5-21(19)23;2*1-2/h5-6,9-14,17,20H,3-4,7-8,16H2,1-2H3;2-6,8,15,18,22H,7,9-14H2,1H3;2-9,15,18,22H,10-14H2,1H3;2*1-2H3. The number of benzene rings is 5. The fourth-order valence-electron chi connectivity index (χ4n) is 11.5. The first kappa shape index (κ1) is 56.3. The number of nitriles is 1. The first-order valence-electron chi connectivity index (χ1n) is 28.9. The lowest BCUT2D eigenvalue weighted by Gasteiger charge is -2.22. The van der Waals surface area contributed by atoms with Crippen molar-refractivity contribution in [2.24, 2.45) is 0 Å². The van der Waals surface area contributed by atoms with Crippen LogP contribution in [0, 0.1) is 18.3 Å². The summed E-state index contributed by atoms with van der Waals surface area (Å²) in [6.45, 7) is 24.3. The molecule has 0 unspecified atom stereocenters. The fourth-order valence-corrected chi connectivity index (χ4v) is 11.5. The molecule has 75 heavy (non-hydrogen) atoms. The van der Waals surface area contributed by atoms with Gasteiger partial charge in [-0.25, -0.2) is 0 Å². The number of hydrogen-bond donors (Lipinski definition) is 2. The van der Waals surface area contributed by atoms with Crippen LogP contribution in [0.3, 0.4) is 0 Å². The van der Waals surface area contributed by atoms with Gasteiger partial charge in [-0.2, -0.15) is 5.26 Å². The highest BCUT2D eigenvalue weighted by molar-refractivity contribution is 5.86. The van der Waals surface area contributed by atoms with Gasteiger partial charge in [-0.1, -0.05) is 174 Å². The number of aryl methyl sites for hydroxylation is 1. The summed E-state index contributed by atoms with van der Waals surface area (Å²) in [7, 11) is 0. The third kappa shape index (κ3) is 14.7. The van der Waals surface area contributed by atoms with Gasteiger partial charge in [-0.15, -0.1) is 0 Å². The summed E-state index contributed by atoms with van der Waals surface area (Å²) >= 11 is 0. The van der Waals surface area contributed by atoms with Crippen molar-refractivity contribution in [3.8, 4) is 6.07 Å². The lowest BCUT2D eigenvalue weighted by molar-refractivity contribution is 0.461. The van der Waals surface area contributed by atoms with Gasteiger partial charge in [0.05, 0.1) is 11.6 Å². The molecule has 2 fully saturated rings. The summed E-state index contributed by atoms with van der Waals surface area (Å²) in [5, 5.41) is 20.2. The molecule has 0 amide bonds. The van der Waals surface area contributed by atoms with E-state index in [1.165, 1.54) is 130 Å². The topological polar surface area (TPSA) is 62.6 Å². The molecule has 2 aliphatic heterocycles. The van der Waals surface area contributed by atoms with Gasteiger partial charge in [0.15, 0.2) is 0 Å². The number of nitrogens with zero attached hydrogens (tertiary/aromatic N) is 4. The molecule has 0 bridgehead atoms. The molecule has 6 heteroatoms. The molecular weight excluding hydrogens is 913 g/mol. The van der Waals surface area contributed by atoms with Crippen LogP contribution in [0.5, 0.6) is 0 Å². The lowest BCUT2D eigenvalue weighted by atomic mass is 9.90. The molecule has 11 rings (SSSR count). The molecule has 0 saturated carbocycles. The summed E-state index contributed by atoms with van der Waals surface area (Å²) in [5.74, 6) is 2.05. The first-order chi connectivity index (χ1) is 36.9. The molecule has 394 valence electrons. The second kappa shape index (κ2) is 29.1. The molecule has 5 heterocycles. The first-order valence-corrected chi connectivity index (χ1v) is 28.9. The van der Waals surface area contributed by atoms with Crippen LogP contribution in [-0.4, -0.2) is 39.9 Å². The molecule has 0 radical (unpaired) electrons. The fraction of sp³-hybridized carbons (Fsp3) is 0.406. The quantitative estimate of drug-likeness (QED) is 0.121. The highest BCUT2D eigenvalue weighted by Crippen LogP contribution is 2.37. The Kier molecular flexibility index (Phi) is 21.8. The molecule has 5 aromatic carbocycles. The van der Waals surface area contributed by atoms with Crippen LogP contribution < -0.4 is 10.6 Å². The maximum absolute atomic E-state index is 8.97. The third-order valence-electron chi connectivity index (χ3n) is 15.5. The van der Waals surface area contributed by atoms with Crippen molar-refractivity contribution < 1.29 is 0 Å². The van der Waals surface area contributed by atoms with Crippen LogP contribution in [0.4, 0.5) is 0 Å². The number of fused-ring (bicyclic) bond motifs is 3. The van der Waals surface area contributed by atoms with E-state index in [-0.39, 0.29) is 0 Å². The minimum Gasteiger partial charge on any atom is -0.343 e. The van der Waals surface area contributed by atoms with Gasteiger partial charge in [-0.05, 0) is 167 Å². The molecule has 6 nitrogen and oxygen atoms in total. The van der Waals surface area contributed by atoms with Crippen molar-refractivity contribution >= 4 is 32.7 Å². The van der Waals surface area contributed by atoms with Gasteiger partial charge in [0.2, 0.25) is 0 Å². The summed E-state index contributed by atoms with van der Waals surface area (Å²) < 4.78 is 7.27. The SMILES string of the molecule is CC.CC.CC1=CC=C(Cn2cc(C3CCNCC3)c3ccccc32)CC1.CCCC(CCC)c1cn(Cc2ccc(C#N)cc2)c2ccccc12.Cc1ccc(Cn2cc(C3CCNCC3)c3ccccc32)cc1. The molecule has 3 aliphatic rings. The zero-order valence-corrected chi connectivity index (χ0v) is 47.0. The highest BCUT2D eigenvalue weighted by Gasteiger charge is 2.22. The normalized spacial score (nSPS) is 14.8. The van der Waals surface area contributed by atoms with Crippen molar-refractivity contribution in [1.29, 1.82) is 5.26 Å². The van der Waals surface area contributed by atoms with Crippen molar-refractivity contribution in [3.05, 3.63) is 202 Å². The maximum Gasteiger partial charge on any atom is 0.0991 e. The largest absolute Gasteiger partial charge is 0.343 e. The Bertz CT molecular complexity index is 3080. The summed E-state index contributed by atoms with van der Waals surface area (Å²) in [5.41, 5.74) is 16.3. The van der Waals surface area contributed by atoms with Crippen molar-refractivity contribution in [2.45, 2.75) is 157 Å². The van der Waals surface area contributed by atoms with Crippen LogP contribution in [0.2, 0.25) is 0 Å². The van der Waals surface area contributed by atoms with E-state index in [9.17, 15) is 0 Å². The number of piperidine rings is 2. The number of allylic oxidation sites excluding steroid dienone is 4. The van der Waals surface area contributed by atoms with Crippen molar-refractivity contribution in [2.75, 3.05) is 26.2 Å². The second-order valence-corrected chi connectivity index (χ2v) is 20.6. The van der Waals surface area contributed by atoms with Crippen LogP contribution in [-0.2, 0) is 19.6 Å². The molecular formula is C69H88N6. The van der Waals surface area contributed by atoms with Crippen LogP contribution >= 0.6 is 0 Å². The van der Waals surface area contributed by atoms with Crippen LogP contribution in [0.1, 0.15) is 169 Å². The van der Waals surface area contributed by atoms with E-state index >= 15 is 0 Å². The number of nitrogens with one attached hydrogen (secondary N) is 2. The monoisotopic (exact) mass is 1000 g/mol. The number of aromatic nitrogens is 3. The van der Waals surface area contributed by atoms with Crippen molar-refractivity contribution in [1.82, 2.24) is 24.3 Å². The molecule has 0 spiro atoms. The predicted octanol–water partition coefficient (Wildman–Crippen LogP) is 17.5. The molecule has 3 aromatic heterocycles. The Morgan fingerprint density at radius 3 is 1.43 bits per heavy atom. The van der Waals surface area contributed by atoms with Gasteiger partial charge < -0.3 is 24.3 Å². The van der Waals surface area contributed by atoms with E-state index in [1.54, 1.807) is 11.1 Å². The highest BCUT2D eigenvalue weighted by atomic mass is 15.0. The Morgan fingerprint density at radius 2 is 0.960 bits per heavy atom. The molecule has 8 aromatic rings. The van der Waals surface area contributed by atoms with E-state index in [0.29, 0.717) is 23.3 Å². The third-order valence-corrected chi connectivity index (χ3v) is 15.5. The Balaban J connectivity index is 0.000000159. The van der Waals surface area contributed by atoms with Crippen molar-refractivity contribution in [3.63, 3.8) is 0 Å². The number of rotatable bonds is 13. The average molecular weight is 1000 g/mol. The van der Waals surface area contributed by atoms with Gasteiger partial charge in [0, 0.05) is 70.9 Å². The summed E-state index contributed by atoms with van der Waals surface area (Å²) in [4.78, 5) is 0. The zero-order valence-electron chi connectivity index (χ0n) is 47.0. The molecule has 0 atom stereocenters. The second-order valence-electron chi connectivity index (χ2n) is 20.6. The minimum absolute atomic E-state index is 0.641. The molecule has 2 saturated heterocycles. The summed E-state index contributed by atoms with van der Waals surface area (Å²) in [6, 6.07) is 45.6. The lowest BCUT2D eigenvalue weighted by Crippen LogP contribution is -2.26. The van der Waals surface area contributed by atoms with Gasteiger partial charge >= 0.3 is 0 Å². The Hall–Kier alpha value is -6.39. The van der Waals surface area contributed by atoms with E-state index < -0.39 is 0 Å². The van der Waals surface area contributed by atoms with Gasteiger partial charge in [0.25, 0.3) is 0 Å². The maximum atomic E-state index is 8.97. The zero-order chi connectivity index (χ0) is 52.9.